The molecule has 3 N–H and O–H groups in total. The number of fused-ring (bicyclic) bond motifs is 1. The van der Waals surface area contributed by atoms with Gasteiger partial charge in [0.2, 0.25) is 5.91 Å². The Morgan fingerprint density at radius 2 is 2.40 bits per heavy atom. The minimum Gasteiger partial charge on any atom is -0.376 e. The quantitative estimate of drug-likeness (QED) is 0.644. The summed E-state index contributed by atoms with van der Waals surface area (Å²) in [5.41, 5.74) is 6.05. The van der Waals surface area contributed by atoms with Crippen LogP contribution in [0.3, 0.4) is 0 Å². The molecule has 1 aliphatic rings. The van der Waals surface area contributed by atoms with E-state index < -0.39 is 5.91 Å². The molecule has 0 radical (unpaired) electrons. The summed E-state index contributed by atoms with van der Waals surface area (Å²) in [6.45, 7) is 0.841. The van der Waals surface area contributed by atoms with E-state index in [2.05, 4.69) is 9.97 Å². The van der Waals surface area contributed by atoms with Crippen molar-refractivity contribution >= 4 is 5.91 Å². The minimum absolute atomic E-state index is 0.0383. The van der Waals surface area contributed by atoms with Gasteiger partial charge in [-0.25, -0.2) is 4.98 Å². The lowest BCUT2D eigenvalue weighted by atomic mass is 10.1. The Hall–Kier alpha value is -1.69. The molecule has 2 heterocycles. The van der Waals surface area contributed by atoms with E-state index in [4.69, 9.17) is 10.5 Å². The Morgan fingerprint density at radius 3 is 3.13 bits per heavy atom. The van der Waals surface area contributed by atoms with Gasteiger partial charge in [-0.15, -0.1) is 0 Å². The van der Waals surface area contributed by atoms with E-state index in [1.165, 1.54) is 0 Å². The molecule has 0 atom stereocenters. The van der Waals surface area contributed by atoms with Crippen LogP contribution in [0.25, 0.3) is 0 Å². The van der Waals surface area contributed by atoms with Gasteiger partial charge in [0, 0.05) is 6.42 Å². The van der Waals surface area contributed by atoms with Gasteiger partial charge in [0.25, 0.3) is 5.56 Å². The zero-order valence-corrected chi connectivity index (χ0v) is 8.08. The molecule has 0 bridgehead atoms. The molecule has 0 fully saturated rings. The van der Waals surface area contributed by atoms with Crippen molar-refractivity contribution in [1.29, 1.82) is 0 Å². The zero-order valence-electron chi connectivity index (χ0n) is 8.08. The van der Waals surface area contributed by atoms with Crippen molar-refractivity contribution in [1.82, 2.24) is 9.97 Å². The molecule has 0 unspecified atom stereocenters. The fourth-order valence-electron chi connectivity index (χ4n) is 1.54. The summed E-state index contributed by atoms with van der Waals surface area (Å²) in [4.78, 5) is 28.9. The molecular weight excluding hydrogens is 198 g/mol. The van der Waals surface area contributed by atoms with Gasteiger partial charge in [0.15, 0.2) is 0 Å². The highest BCUT2D eigenvalue weighted by atomic mass is 16.5. The average molecular weight is 209 g/mol. The number of ether oxygens (including phenoxy) is 1. The minimum atomic E-state index is -0.509. The molecule has 0 saturated carbocycles. The van der Waals surface area contributed by atoms with Gasteiger partial charge in [-0.2, -0.15) is 0 Å². The van der Waals surface area contributed by atoms with Crippen molar-refractivity contribution in [3.05, 3.63) is 27.4 Å². The van der Waals surface area contributed by atoms with Gasteiger partial charge in [0.1, 0.15) is 5.82 Å². The van der Waals surface area contributed by atoms with Crippen LogP contribution in [0.1, 0.15) is 17.1 Å². The molecule has 15 heavy (non-hydrogen) atoms. The summed E-state index contributed by atoms with van der Waals surface area (Å²) in [7, 11) is 0. The van der Waals surface area contributed by atoms with Gasteiger partial charge in [-0.3, -0.25) is 9.59 Å². The van der Waals surface area contributed by atoms with Crippen LogP contribution in [0, 0.1) is 0 Å². The first-order valence-corrected chi connectivity index (χ1v) is 4.64. The number of nitrogens with one attached hydrogen (secondary N) is 1. The van der Waals surface area contributed by atoms with E-state index >= 15 is 0 Å². The third-order valence-corrected chi connectivity index (χ3v) is 2.22. The first kappa shape index (κ1) is 9.85. The van der Waals surface area contributed by atoms with Crippen LogP contribution in [0.15, 0.2) is 4.79 Å². The van der Waals surface area contributed by atoms with Gasteiger partial charge < -0.3 is 15.5 Å². The molecule has 0 aromatic carbocycles. The highest BCUT2D eigenvalue weighted by Gasteiger charge is 2.16. The maximum atomic E-state index is 11.5. The van der Waals surface area contributed by atoms with E-state index in [1.807, 2.05) is 0 Å². The Bertz CT molecular complexity index is 452. The molecule has 2 rings (SSSR count). The Balaban J connectivity index is 2.40. The number of hydrogen-bond acceptors (Lipinski definition) is 4. The Labute approximate surface area is 85.5 Å². The van der Waals surface area contributed by atoms with Crippen LogP contribution in [0.5, 0.6) is 0 Å². The predicted octanol–water partition coefficient (Wildman–Crippen LogP) is -1.13. The third-order valence-electron chi connectivity index (χ3n) is 2.22. The number of aromatic nitrogens is 2. The van der Waals surface area contributed by atoms with Crippen LogP contribution in [-0.2, 0) is 29.0 Å². The zero-order chi connectivity index (χ0) is 10.8. The summed E-state index contributed by atoms with van der Waals surface area (Å²) in [5.74, 6) is -0.182. The summed E-state index contributed by atoms with van der Waals surface area (Å²) in [6.07, 6.45) is 0.564. The van der Waals surface area contributed by atoms with Crippen LogP contribution < -0.4 is 11.3 Å². The topological polar surface area (TPSA) is 98.1 Å². The molecule has 80 valence electrons. The number of amides is 1. The third kappa shape index (κ3) is 2.04. The maximum absolute atomic E-state index is 11.5. The molecular formula is C9H11N3O3. The highest BCUT2D eigenvalue weighted by molar-refractivity contribution is 5.75. The number of carbonyl (C=O) groups excluding carboxylic acids is 1. The SMILES string of the molecule is NC(=O)Cc1nc2c(c(=O)[nH]1)COCC2. The molecule has 1 aliphatic heterocycles. The number of carbonyl (C=O) groups is 1. The fourth-order valence-corrected chi connectivity index (χ4v) is 1.54. The van der Waals surface area contributed by atoms with Crippen molar-refractivity contribution in [2.24, 2.45) is 5.73 Å². The standard InChI is InChI=1S/C9H11N3O3/c10-7(13)3-8-11-6-1-2-15-4-5(6)9(14)12-8/h1-4H2,(H2,10,13)(H,11,12,14). The predicted molar refractivity (Wildman–Crippen MR) is 51.1 cm³/mol. The van der Waals surface area contributed by atoms with Crippen molar-refractivity contribution in [2.45, 2.75) is 19.4 Å². The summed E-state index contributed by atoms with van der Waals surface area (Å²) >= 11 is 0. The van der Waals surface area contributed by atoms with E-state index in [0.717, 1.165) is 0 Å². The average Bonchev–Trinajstić information content (AvgIpc) is 2.16. The second-order valence-corrected chi connectivity index (χ2v) is 3.38. The molecule has 6 nitrogen and oxygen atoms in total. The Kier molecular flexibility index (Phi) is 2.51. The lowest BCUT2D eigenvalue weighted by molar-refractivity contribution is -0.117. The molecule has 0 aliphatic carbocycles. The monoisotopic (exact) mass is 209 g/mol. The number of nitrogens with two attached hydrogens (primary N) is 1. The van der Waals surface area contributed by atoms with Crippen molar-refractivity contribution < 1.29 is 9.53 Å². The molecule has 0 saturated heterocycles. The summed E-state index contributed by atoms with van der Waals surface area (Å²) in [6, 6.07) is 0. The maximum Gasteiger partial charge on any atom is 0.256 e. The first-order chi connectivity index (χ1) is 7.16. The number of primary amides is 1. The number of hydrogen-bond donors (Lipinski definition) is 2. The van der Waals surface area contributed by atoms with Gasteiger partial charge in [-0.1, -0.05) is 0 Å². The summed E-state index contributed by atoms with van der Waals surface area (Å²) in [5, 5.41) is 0. The number of H-pyrrole nitrogens is 1. The smallest absolute Gasteiger partial charge is 0.256 e. The van der Waals surface area contributed by atoms with E-state index in [1.54, 1.807) is 0 Å². The van der Waals surface area contributed by atoms with Crippen LogP contribution in [-0.4, -0.2) is 22.5 Å². The van der Waals surface area contributed by atoms with Crippen LogP contribution in [0.4, 0.5) is 0 Å². The molecule has 0 spiro atoms. The van der Waals surface area contributed by atoms with Crippen molar-refractivity contribution in [3.8, 4) is 0 Å². The second-order valence-electron chi connectivity index (χ2n) is 3.38. The summed E-state index contributed by atoms with van der Waals surface area (Å²) < 4.78 is 5.15. The second kappa shape index (κ2) is 3.82. The van der Waals surface area contributed by atoms with Crippen molar-refractivity contribution in [2.75, 3.05) is 6.61 Å². The lowest BCUT2D eigenvalue weighted by Gasteiger charge is -2.14. The van der Waals surface area contributed by atoms with Gasteiger partial charge >= 0.3 is 0 Å². The molecule has 1 aromatic rings. The van der Waals surface area contributed by atoms with Crippen LogP contribution in [0.2, 0.25) is 0 Å². The fraction of sp³-hybridized carbons (Fsp3) is 0.444. The first-order valence-electron chi connectivity index (χ1n) is 4.64. The largest absolute Gasteiger partial charge is 0.376 e. The van der Waals surface area contributed by atoms with E-state index in [0.29, 0.717) is 30.1 Å². The van der Waals surface area contributed by atoms with Crippen molar-refractivity contribution in [3.63, 3.8) is 0 Å². The number of rotatable bonds is 2. The van der Waals surface area contributed by atoms with E-state index in [9.17, 15) is 9.59 Å². The van der Waals surface area contributed by atoms with Gasteiger partial charge in [0.05, 0.1) is 30.9 Å². The van der Waals surface area contributed by atoms with E-state index in [-0.39, 0.29) is 18.6 Å². The number of nitrogens with zero attached hydrogens (tertiary/aromatic N) is 1. The lowest BCUT2D eigenvalue weighted by Crippen LogP contribution is -2.27. The van der Waals surface area contributed by atoms with Crippen LogP contribution >= 0.6 is 0 Å². The van der Waals surface area contributed by atoms with Gasteiger partial charge in [-0.05, 0) is 0 Å². The highest BCUT2D eigenvalue weighted by Crippen LogP contribution is 2.09. The molecule has 1 amide bonds. The normalized spacial score (nSPS) is 14.7. The Morgan fingerprint density at radius 1 is 1.60 bits per heavy atom. The molecule has 6 heteroatoms. The molecule has 1 aromatic heterocycles. The number of aromatic amines is 1.